The highest BCUT2D eigenvalue weighted by molar-refractivity contribution is 5.92. The molecule has 0 aliphatic carbocycles. The van der Waals surface area contributed by atoms with E-state index in [-0.39, 0.29) is 36.2 Å². The van der Waals surface area contributed by atoms with Crippen LogP contribution in [0.25, 0.3) is 0 Å². The summed E-state index contributed by atoms with van der Waals surface area (Å²) in [6.07, 6.45) is 0.337. The van der Waals surface area contributed by atoms with E-state index in [1.807, 2.05) is 0 Å². The second kappa shape index (κ2) is 7.75. The predicted octanol–water partition coefficient (Wildman–Crippen LogP) is 3.06. The summed E-state index contributed by atoms with van der Waals surface area (Å²) in [4.78, 5) is 28.0. The summed E-state index contributed by atoms with van der Waals surface area (Å²) in [6.45, 7) is 6.07. The van der Waals surface area contributed by atoms with Crippen molar-refractivity contribution in [3.8, 4) is 5.75 Å². The molecule has 0 aromatic carbocycles. The van der Waals surface area contributed by atoms with Crippen LogP contribution in [0.15, 0.2) is 12.3 Å². The number of halogens is 1. The second-order valence-corrected chi connectivity index (χ2v) is 5.90. The quantitative estimate of drug-likeness (QED) is 0.784. The van der Waals surface area contributed by atoms with Crippen molar-refractivity contribution in [3.63, 3.8) is 0 Å². The van der Waals surface area contributed by atoms with Gasteiger partial charge >= 0.3 is 6.09 Å². The van der Waals surface area contributed by atoms with Crippen LogP contribution in [0.5, 0.6) is 5.75 Å². The number of hydrogen-bond donors (Lipinski definition) is 2. The highest BCUT2D eigenvalue weighted by atomic mass is 19.1. The van der Waals surface area contributed by atoms with Gasteiger partial charge in [0.15, 0.2) is 5.75 Å². The molecule has 0 unspecified atom stereocenters. The SMILES string of the molecule is CC(=O)Nc1cc(N(C(=O)O)C(C)(C)C)c(OCCCF)cn1. The first-order valence-electron chi connectivity index (χ1n) is 7.16. The molecule has 0 saturated heterocycles. The summed E-state index contributed by atoms with van der Waals surface area (Å²) in [5, 5.41) is 12.0. The van der Waals surface area contributed by atoms with Crippen molar-refractivity contribution in [3.05, 3.63) is 12.3 Å². The first-order chi connectivity index (χ1) is 10.7. The van der Waals surface area contributed by atoms with Gasteiger partial charge in [0, 0.05) is 24.9 Å². The number of nitrogens with zero attached hydrogens (tertiary/aromatic N) is 2. The van der Waals surface area contributed by atoms with Crippen molar-refractivity contribution in [2.75, 3.05) is 23.5 Å². The number of alkyl halides is 1. The Kier molecular flexibility index (Phi) is 6.29. The van der Waals surface area contributed by atoms with Crippen LogP contribution in [0.1, 0.15) is 34.1 Å². The molecule has 0 bridgehead atoms. The molecular formula is C15H22FN3O4. The maximum absolute atomic E-state index is 12.2. The Morgan fingerprint density at radius 3 is 2.57 bits per heavy atom. The van der Waals surface area contributed by atoms with E-state index in [2.05, 4.69) is 10.3 Å². The Morgan fingerprint density at radius 1 is 1.43 bits per heavy atom. The van der Waals surface area contributed by atoms with E-state index in [1.54, 1.807) is 20.8 Å². The van der Waals surface area contributed by atoms with Gasteiger partial charge in [-0.3, -0.25) is 14.1 Å². The van der Waals surface area contributed by atoms with Gasteiger partial charge in [-0.1, -0.05) is 0 Å². The van der Waals surface area contributed by atoms with Gasteiger partial charge in [-0.2, -0.15) is 0 Å². The largest absolute Gasteiger partial charge is 0.490 e. The Labute approximate surface area is 134 Å². The lowest BCUT2D eigenvalue weighted by atomic mass is 10.1. The summed E-state index contributed by atoms with van der Waals surface area (Å²) in [5.74, 6) is 0.0953. The number of amides is 2. The van der Waals surface area contributed by atoms with Gasteiger partial charge in [-0.15, -0.1) is 0 Å². The standard InChI is InChI=1S/C15H22FN3O4/c1-10(20)18-13-8-11(19(14(21)22)15(2,3)4)12(9-17-13)23-7-5-6-16/h8-9H,5-7H2,1-4H3,(H,21,22)(H,17,18,20). The van der Waals surface area contributed by atoms with E-state index in [0.29, 0.717) is 0 Å². The average molecular weight is 327 g/mol. The van der Waals surface area contributed by atoms with E-state index >= 15 is 0 Å². The number of anilines is 2. The molecular weight excluding hydrogens is 305 g/mol. The molecule has 1 rings (SSSR count). The number of rotatable bonds is 6. The number of pyridine rings is 1. The molecule has 1 aromatic rings. The number of ether oxygens (including phenoxy) is 1. The van der Waals surface area contributed by atoms with Crippen molar-refractivity contribution in [1.82, 2.24) is 4.98 Å². The van der Waals surface area contributed by atoms with Crippen LogP contribution in [0.4, 0.5) is 20.7 Å². The minimum absolute atomic E-state index is 0.0995. The molecule has 0 aliphatic rings. The van der Waals surface area contributed by atoms with Gasteiger partial charge in [0.05, 0.1) is 25.2 Å². The van der Waals surface area contributed by atoms with E-state index < -0.39 is 18.3 Å². The molecule has 0 saturated carbocycles. The Balaban J connectivity index is 3.29. The molecule has 0 aliphatic heterocycles. The topological polar surface area (TPSA) is 91.8 Å². The summed E-state index contributed by atoms with van der Waals surface area (Å²) in [5.41, 5.74) is -0.513. The molecule has 0 radical (unpaired) electrons. The zero-order valence-electron chi connectivity index (χ0n) is 13.7. The lowest BCUT2D eigenvalue weighted by molar-refractivity contribution is -0.114. The Hall–Kier alpha value is -2.38. The minimum atomic E-state index is -1.17. The van der Waals surface area contributed by atoms with Crippen molar-refractivity contribution in [1.29, 1.82) is 0 Å². The predicted molar refractivity (Wildman–Crippen MR) is 84.9 cm³/mol. The van der Waals surface area contributed by atoms with Crippen LogP contribution in [0.2, 0.25) is 0 Å². The average Bonchev–Trinajstić information content (AvgIpc) is 2.38. The van der Waals surface area contributed by atoms with Crippen molar-refractivity contribution in [2.24, 2.45) is 0 Å². The van der Waals surface area contributed by atoms with Gasteiger partial charge in [-0.05, 0) is 20.8 Å². The van der Waals surface area contributed by atoms with Crippen molar-refractivity contribution in [2.45, 2.75) is 39.7 Å². The third-order valence-corrected chi connectivity index (χ3v) is 2.79. The van der Waals surface area contributed by atoms with Gasteiger partial charge in [0.1, 0.15) is 5.82 Å². The number of nitrogens with one attached hydrogen (secondary N) is 1. The second-order valence-electron chi connectivity index (χ2n) is 5.90. The van der Waals surface area contributed by atoms with Crippen LogP contribution < -0.4 is 15.0 Å². The molecule has 1 heterocycles. The van der Waals surface area contributed by atoms with E-state index in [4.69, 9.17) is 4.74 Å². The number of hydrogen-bond acceptors (Lipinski definition) is 4. The van der Waals surface area contributed by atoms with Gasteiger partial charge in [0.25, 0.3) is 0 Å². The fourth-order valence-electron chi connectivity index (χ4n) is 1.95. The molecule has 2 N–H and O–H groups in total. The molecule has 7 nitrogen and oxygen atoms in total. The third kappa shape index (κ3) is 5.39. The fourth-order valence-corrected chi connectivity index (χ4v) is 1.95. The fraction of sp³-hybridized carbons (Fsp3) is 0.533. The minimum Gasteiger partial charge on any atom is -0.490 e. The molecule has 1 aromatic heterocycles. The maximum Gasteiger partial charge on any atom is 0.412 e. The highest BCUT2D eigenvalue weighted by Gasteiger charge is 2.31. The molecule has 8 heteroatoms. The molecule has 23 heavy (non-hydrogen) atoms. The molecule has 2 amide bonds. The summed E-state index contributed by atoms with van der Waals surface area (Å²) in [7, 11) is 0. The normalized spacial score (nSPS) is 11.0. The zero-order chi connectivity index (χ0) is 17.6. The molecule has 128 valence electrons. The summed E-state index contributed by atoms with van der Waals surface area (Å²) >= 11 is 0. The molecule has 0 fully saturated rings. The van der Waals surface area contributed by atoms with Crippen molar-refractivity contribution >= 4 is 23.5 Å². The Bertz CT molecular complexity index is 572. The number of carboxylic acid groups (broad SMARTS) is 1. The first kappa shape index (κ1) is 18.7. The third-order valence-electron chi connectivity index (χ3n) is 2.79. The van der Waals surface area contributed by atoms with Crippen molar-refractivity contribution < 1.29 is 23.8 Å². The van der Waals surface area contributed by atoms with Gasteiger partial charge in [0.2, 0.25) is 5.91 Å². The lowest BCUT2D eigenvalue weighted by Crippen LogP contribution is -2.45. The lowest BCUT2D eigenvalue weighted by Gasteiger charge is -2.34. The van der Waals surface area contributed by atoms with E-state index in [9.17, 15) is 19.1 Å². The number of aromatic nitrogens is 1. The van der Waals surface area contributed by atoms with Gasteiger partial charge in [-0.25, -0.2) is 9.78 Å². The van der Waals surface area contributed by atoms with Crippen LogP contribution >= 0.6 is 0 Å². The monoisotopic (exact) mass is 327 g/mol. The zero-order valence-corrected chi connectivity index (χ0v) is 13.7. The molecule has 0 atom stereocenters. The smallest absolute Gasteiger partial charge is 0.412 e. The van der Waals surface area contributed by atoms with Crippen LogP contribution in [-0.2, 0) is 4.79 Å². The van der Waals surface area contributed by atoms with Gasteiger partial charge < -0.3 is 15.2 Å². The molecule has 0 spiro atoms. The number of carbonyl (C=O) groups excluding carboxylic acids is 1. The number of carbonyl (C=O) groups is 2. The summed E-state index contributed by atoms with van der Waals surface area (Å²) in [6, 6.07) is 1.42. The highest BCUT2D eigenvalue weighted by Crippen LogP contribution is 2.34. The van der Waals surface area contributed by atoms with Crippen LogP contribution in [0.3, 0.4) is 0 Å². The Morgan fingerprint density at radius 2 is 2.09 bits per heavy atom. The summed E-state index contributed by atoms with van der Waals surface area (Å²) < 4.78 is 17.7. The van der Waals surface area contributed by atoms with Crippen LogP contribution in [-0.4, -0.2) is 40.9 Å². The van der Waals surface area contributed by atoms with Crippen LogP contribution in [0, 0.1) is 0 Å². The first-order valence-corrected chi connectivity index (χ1v) is 7.16. The van der Waals surface area contributed by atoms with E-state index in [1.165, 1.54) is 19.2 Å². The maximum atomic E-state index is 12.2. The van der Waals surface area contributed by atoms with E-state index in [0.717, 1.165) is 4.90 Å².